The Morgan fingerprint density at radius 1 is 1.02 bits per heavy atom. The molecule has 0 spiro atoms. The van der Waals surface area contributed by atoms with E-state index in [1.807, 2.05) is 16.7 Å². The van der Waals surface area contributed by atoms with E-state index in [0.29, 0.717) is 44.6 Å². The third-order valence-corrected chi connectivity index (χ3v) is 8.99. The number of nitrogens with zero attached hydrogens (tertiary/aromatic N) is 6. The number of nitrogens with one attached hydrogen (secondary N) is 1. The molecule has 0 bridgehead atoms. The molecule has 2 saturated heterocycles. The van der Waals surface area contributed by atoms with Crippen LogP contribution in [0.1, 0.15) is 18.5 Å². The standard InChI is InChI=1S/C30H37Cl2N7O3/c1-37-8-10-38(11-9-37)7-4-5-21-17-39-28-20(16-34-30(36-28)33-15-19-6-12-42-18-19)13-22(29(39)35-21)25-26(31)23(40-2)14-24(41-3)27(25)32/h13-14,16-17,19H,4-12,15,18H2,1-3H3,(H,33,34,36). The number of piperazine rings is 1. The molecule has 2 aliphatic heterocycles. The van der Waals surface area contributed by atoms with Gasteiger partial charge < -0.3 is 29.3 Å². The van der Waals surface area contributed by atoms with Crippen molar-refractivity contribution in [1.29, 1.82) is 0 Å². The number of ether oxygens (including phenoxy) is 3. The van der Waals surface area contributed by atoms with E-state index in [2.05, 4.69) is 33.3 Å². The summed E-state index contributed by atoms with van der Waals surface area (Å²) in [4.78, 5) is 19.5. The number of benzene rings is 1. The second kappa shape index (κ2) is 12.8. The molecule has 224 valence electrons. The number of imidazole rings is 1. The zero-order valence-corrected chi connectivity index (χ0v) is 25.8. The Hall–Kier alpha value is -2.89. The minimum Gasteiger partial charge on any atom is -0.495 e. The van der Waals surface area contributed by atoms with Gasteiger partial charge in [-0.1, -0.05) is 23.2 Å². The number of halogens is 2. The minimum atomic E-state index is 0.391. The van der Waals surface area contributed by atoms with Crippen LogP contribution in [0.25, 0.3) is 27.8 Å². The van der Waals surface area contributed by atoms with Crippen LogP contribution in [-0.4, -0.2) is 103 Å². The molecule has 0 radical (unpaired) electrons. The fraction of sp³-hybridized carbons (Fsp3) is 0.500. The quantitative estimate of drug-likeness (QED) is 0.268. The van der Waals surface area contributed by atoms with Crippen LogP contribution in [0.5, 0.6) is 11.5 Å². The van der Waals surface area contributed by atoms with Crippen LogP contribution in [-0.2, 0) is 11.2 Å². The van der Waals surface area contributed by atoms with Gasteiger partial charge in [-0.3, -0.25) is 4.40 Å². The van der Waals surface area contributed by atoms with Crippen molar-refractivity contribution in [3.8, 4) is 22.6 Å². The second-order valence-corrected chi connectivity index (χ2v) is 11.9. The lowest BCUT2D eigenvalue weighted by atomic mass is 10.0. The van der Waals surface area contributed by atoms with E-state index in [1.165, 1.54) is 0 Å². The van der Waals surface area contributed by atoms with Gasteiger partial charge in [-0.2, -0.15) is 4.98 Å². The lowest BCUT2D eigenvalue weighted by molar-refractivity contribution is 0.153. The van der Waals surface area contributed by atoms with Crippen molar-refractivity contribution in [2.24, 2.45) is 5.92 Å². The van der Waals surface area contributed by atoms with Crippen LogP contribution in [0.2, 0.25) is 10.0 Å². The van der Waals surface area contributed by atoms with E-state index in [0.717, 1.165) is 94.0 Å². The lowest BCUT2D eigenvalue weighted by Crippen LogP contribution is -2.44. The molecule has 5 heterocycles. The van der Waals surface area contributed by atoms with Crippen LogP contribution >= 0.6 is 23.2 Å². The predicted molar refractivity (Wildman–Crippen MR) is 167 cm³/mol. The minimum absolute atomic E-state index is 0.391. The number of aryl methyl sites for hydroxylation is 1. The van der Waals surface area contributed by atoms with Crippen molar-refractivity contribution in [3.05, 3.63) is 40.3 Å². The third-order valence-electron chi connectivity index (χ3n) is 8.24. The Bertz CT molecular complexity index is 1540. The molecule has 6 rings (SSSR count). The van der Waals surface area contributed by atoms with Gasteiger partial charge in [0, 0.05) is 80.2 Å². The van der Waals surface area contributed by atoms with Gasteiger partial charge in [-0.25, -0.2) is 9.97 Å². The summed E-state index contributed by atoms with van der Waals surface area (Å²) in [6.45, 7) is 7.80. The van der Waals surface area contributed by atoms with Crippen LogP contribution < -0.4 is 14.8 Å². The van der Waals surface area contributed by atoms with Gasteiger partial charge in [0.2, 0.25) is 5.95 Å². The molecular formula is C30H37Cl2N7O3. The Labute approximate surface area is 255 Å². The Balaban J connectivity index is 1.40. The Morgan fingerprint density at radius 3 is 2.48 bits per heavy atom. The SMILES string of the molecule is COc1cc(OC)c(Cl)c(-c2cc3cnc(NCC4CCOC4)nc3n3cc(CCCN4CCN(C)CC4)nc23)c1Cl. The molecule has 12 heteroatoms. The van der Waals surface area contributed by atoms with Crippen LogP contribution in [0.3, 0.4) is 0 Å². The number of aromatic nitrogens is 4. The number of hydrogen-bond acceptors (Lipinski definition) is 9. The van der Waals surface area contributed by atoms with Gasteiger partial charge in [0.15, 0.2) is 5.65 Å². The summed E-state index contributed by atoms with van der Waals surface area (Å²) >= 11 is 13.8. The van der Waals surface area contributed by atoms with E-state index >= 15 is 0 Å². The molecular weight excluding hydrogens is 577 g/mol. The van der Waals surface area contributed by atoms with Gasteiger partial charge in [0.1, 0.15) is 17.1 Å². The largest absolute Gasteiger partial charge is 0.495 e. The Morgan fingerprint density at radius 2 is 1.79 bits per heavy atom. The highest BCUT2D eigenvalue weighted by Gasteiger charge is 2.24. The van der Waals surface area contributed by atoms with E-state index in [4.69, 9.17) is 47.4 Å². The molecule has 2 fully saturated rings. The molecule has 1 aromatic carbocycles. The first-order valence-electron chi connectivity index (χ1n) is 14.5. The topological polar surface area (TPSA) is 89.3 Å². The summed E-state index contributed by atoms with van der Waals surface area (Å²) in [6, 6.07) is 3.68. The number of rotatable bonds is 10. The average molecular weight is 615 g/mol. The fourth-order valence-corrected chi connectivity index (χ4v) is 6.43. The summed E-state index contributed by atoms with van der Waals surface area (Å²) in [5.41, 5.74) is 3.81. The normalized spacial score (nSPS) is 18.3. The molecule has 0 aliphatic carbocycles. The second-order valence-electron chi connectivity index (χ2n) is 11.1. The monoisotopic (exact) mass is 613 g/mol. The molecule has 42 heavy (non-hydrogen) atoms. The molecule has 2 aliphatic rings. The molecule has 4 aromatic rings. The van der Waals surface area contributed by atoms with Crippen molar-refractivity contribution in [2.45, 2.75) is 19.3 Å². The van der Waals surface area contributed by atoms with Crippen LogP contribution in [0.15, 0.2) is 24.5 Å². The maximum absolute atomic E-state index is 6.88. The molecule has 0 amide bonds. The van der Waals surface area contributed by atoms with Crippen molar-refractivity contribution >= 4 is 45.8 Å². The van der Waals surface area contributed by atoms with E-state index < -0.39 is 0 Å². The third kappa shape index (κ3) is 5.96. The highest BCUT2D eigenvalue weighted by Crippen LogP contribution is 2.47. The molecule has 1 N–H and O–H groups in total. The predicted octanol–water partition coefficient (Wildman–Crippen LogP) is 4.90. The summed E-state index contributed by atoms with van der Waals surface area (Å²) < 4.78 is 18.7. The lowest BCUT2D eigenvalue weighted by Gasteiger charge is -2.32. The summed E-state index contributed by atoms with van der Waals surface area (Å²) in [7, 11) is 5.32. The number of likely N-dealkylation sites (N-methyl/N-ethyl adjacent to an activating group) is 1. The maximum atomic E-state index is 6.88. The smallest absolute Gasteiger partial charge is 0.224 e. The summed E-state index contributed by atoms with van der Waals surface area (Å²) in [5.74, 6) is 1.97. The first-order valence-corrected chi connectivity index (χ1v) is 15.2. The van der Waals surface area contributed by atoms with Crippen LogP contribution in [0, 0.1) is 5.92 Å². The van der Waals surface area contributed by atoms with Crippen molar-refractivity contribution in [2.75, 3.05) is 79.1 Å². The number of methoxy groups -OCH3 is 2. The van der Waals surface area contributed by atoms with E-state index in [1.54, 1.807) is 20.3 Å². The molecule has 1 unspecified atom stereocenters. The van der Waals surface area contributed by atoms with Crippen molar-refractivity contribution in [1.82, 2.24) is 29.2 Å². The summed E-state index contributed by atoms with van der Waals surface area (Å²) in [6.07, 6.45) is 6.80. The number of hydrogen-bond donors (Lipinski definition) is 1. The van der Waals surface area contributed by atoms with Gasteiger partial charge in [0.25, 0.3) is 0 Å². The molecule has 1 atom stereocenters. The molecule has 0 saturated carbocycles. The number of pyridine rings is 1. The van der Waals surface area contributed by atoms with Gasteiger partial charge >= 0.3 is 0 Å². The number of anilines is 1. The van der Waals surface area contributed by atoms with Crippen molar-refractivity contribution < 1.29 is 14.2 Å². The van der Waals surface area contributed by atoms with E-state index in [9.17, 15) is 0 Å². The first-order chi connectivity index (χ1) is 20.4. The van der Waals surface area contributed by atoms with E-state index in [-0.39, 0.29) is 0 Å². The van der Waals surface area contributed by atoms with Crippen LogP contribution in [0.4, 0.5) is 5.95 Å². The average Bonchev–Trinajstić information content (AvgIpc) is 3.68. The molecule has 3 aromatic heterocycles. The summed E-state index contributed by atoms with van der Waals surface area (Å²) in [5, 5.41) is 5.02. The van der Waals surface area contributed by atoms with Crippen molar-refractivity contribution in [3.63, 3.8) is 0 Å². The molecule has 10 nitrogen and oxygen atoms in total. The van der Waals surface area contributed by atoms with Gasteiger partial charge in [0.05, 0.1) is 36.6 Å². The zero-order valence-electron chi connectivity index (χ0n) is 24.3. The zero-order chi connectivity index (χ0) is 29.2. The van der Waals surface area contributed by atoms with Gasteiger partial charge in [-0.05, 0) is 38.9 Å². The first kappa shape index (κ1) is 29.2. The highest BCUT2D eigenvalue weighted by molar-refractivity contribution is 6.41. The van der Waals surface area contributed by atoms with Gasteiger partial charge in [-0.15, -0.1) is 0 Å². The number of fused-ring (bicyclic) bond motifs is 3. The Kier molecular flexibility index (Phi) is 8.88. The maximum Gasteiger partial charge on any atom is 0.224 e. The fourth-order valence-electron chi connectivity index (χ4n) is 5.72. The highest BCUT2D eigenvalue weighted by atomic mass is 35.5.